The van der Waals surface area contributed by atoms with E-state index in [1.165, 1.54) is 0 Å². The van der Waals surface area contributed by atoms with Crippen LogP contribution in [0.3, 0.4) is 0 Å². The Morgan fingerprint density at radius 2 is 1.00 bits per heavy atom. The summed E-state index contributed by atoms with van der Waals surface area (Å²) >= 11 is 0. The second kappa shape index (κ2) is 5.44. The molecule has 7 heavy (non-hydrogen) atoms. The zero-order valence-corrected chi connectivity index (χ0v) is 5.09. The number of phosphoric acid groups is 1. The van der Waals surface area contributed by atoms with Crippen molar-refractivity contribution in [1.29, 1.82) is 0 Å². The van der Waals surface area contributed by atoms with Gasteiger partial charge >= 0.3 is 45.5 Å². The molecule has 0 unspecified atom stereocenters. The van der Waals surface area contributed by atoms with E-state index >= 15 is 0 Å². The summed E-state index contributed by atoms with van der Waals surface area (Å²) in [6.45, 7) is 0. The van der Waals surface area contributed by atoms with Crippen LogP contribution in [0.25, 0.3) is 0 Å². The third-order valence-electron chi connectivity index (χ3n) is 0. The summed E-state index contributed by atoms with van der Waals surface area (Å²) in [7, 11) is -4.64. The van der Waals surface area contributed by atoms with Crippen molar-refractivity contribution in [1.82, 2.24) is 0 Å². The third-order valence-corrected chi connectivity index (χ3v) is 0. The van der Waals surface area contributed by atoms with Gasteiger partial charge in [0.2, 0.25) is 0 Å². The number of rotatable bonds is 0. The second-order valence-electron chi connectivity index (χ2n) is 0.513. The predicted octanol–water partition coefficient (Wildman–Crippen LogP) is -6.92. The second-order valence-corrected chi connectivity index (χ2v) is 1.54. The minimum atomic E-state index is -4.64. The van der Waals surface area contributed by atoms with E-state index in [1.54, 1.807) is 0 Å². The molecule has 0 aliphatic carbocycles. The van der Waals surface area contributed by atoms with Gasteiger partial charge in [0.15, 0.2) is 0 Å². The fraction of sp³-hybridized carbons (Fsp3) is 0. The van der Waals surface area contributed by atoms with Gasteiger partial charge in [0, 0.05) is 0 Å². The number of hydrogen-bond acceptors (Lipinski definition) is 1. The Kier molecular flexibility index (Phi) is 12.2. The van der Waals surface area contributed by atoms with E-state index in [0.29, 0.717) is 0 Å². The first-order chi connectivity index (χ1) is 2.00. The minimum absolute atomic E-state index is 0. The molecule has 32 valence electrons. The largest absolute Gasteiger partial charge is 1.00 e. The van der Waals surface area contributed by atoms with Crippen molar-refractivity contribution < 1.29 is 57.0 Å². The number of hydrogen-bond donors (Lipinski definition) is 3. The van der Waals surface area contributed by atoms with Crippen LogP contribution >= 0.6 is 7.82 Å². The van der Waals surface area contributed by atoms with E-state index in [-0.39, 0.29) is 37.7 Å². The molecule has 0 amide bonds. The van der Waals surface area contributed by atoms with E-state index in [0.717, 1.165) is 0 Å². The smallest absolute Gasteiger partial charge is 0.303 e. The van der Waals surface area contributed by atoms with Crippen LogP contribution in [0.2, 0.25) is 0 Å². The molecule has 0 atom stereocenters. The average molecular weight is 112 g/mol. The van der Waals surface area contributed by atoms with Gasteiger partial charge in [-0.05, 0) is 0 Å². The van der Waals surface area contributed by atoms with Gasteiger partial charge in [-0.3, -0.25) is 0 Å². The van der Waals surface area contributed by atoms with Gasteiger partial charge in [-0.1, -0.05) is 0 Å². The summed E-state index contributed by atoms with van der Waals surface area (Å²) in [6.07, 6.45) is 0. The molecule has 0 fully saturated rings. The van der Waals surface area contributed by atoms with Gasteiger partial charge in [-0.15, -0.1) is 0 Å². The standard InChI is InChI=1S/2Li.H3O4P/c;;1-5(2,3)4/h;;(H3,1,2,3,4)/q2*+1;. The van der Waals surface area contributed by atoms with Gasteiger partial charge in [0.1, 0.15) is 0 Å². The molecule has 0 aromatic heterocycles. The Balaban J connectivity index is -0.0000000800. The zero-order chi connectivity index (χ0) is 4.50. The molecular formula is H3Li2O4P+2. The van der Waals surface area contributed by atoms with Gasteiger partial charge in [0.05, 0.1) is 0 Å². The fourth-order valence-electron chi connectivity index (χ4n) is 0. The summed E-state index contributed by atoms with van der Waals surface area (Å²) in [4.78, 5) is 21.6. The van der Waals surface area contributed by atoms with Crippen molar-refractivity contribution in [3.05, 3.63) is 0 Å². The Morgan fingerprint density at radius 1 is 1.00 bits per heavy atom. The van der Waals surface area contributed by atoms with Crippen LogP contribution in [0, 0.1) is 0 Å². The molecule has 4 nitrogen and oxygen atoms in total. The molecular weight excluding hydrogens is 109 g/mol. The molecule has 0 saturated carbocycles. The first-order valence-electron chi connectivity index (χ1n) is 0.783. The van der Waals surface area contributed by atoms with Gasteiger partial charge in [-0.2, -0.15) is 0 Å². The molecule has 3 N–H and O–H groups in total. The van der Waals surface area contributed by atoms with Crippen molar-refractivity contribution in [2.75, 3.05) is 0 Å². The molecule has 7 heteroatoms. The monoisotopic (exact) mass is 112 g/mol. The summed E-state index contributed by atoms with van der Waals surface area (Å²) in [5.41, 5.74) is 0. The maximum Gasteiger partial charge on any atom is 1.00 e. The average Bonchev–Trinajstić information content (AvgIpc) is 0.722. The summed E-state index contributed by atoms with van der Waals surface area (Å²) in [5.74, 6) is 0. The summed E-state index contributed by atoms with van der Waals surface area (Å²) < 4.78 is 8.88. The molecule has 0 spiro atoms. The van der Waals surface area contributed by atoms with Gasteiger partial charge in [-0.25, -0.2) is 4.57 Å². The van der Waals surface area contributed by atoms with Crippen molar-refractivity contribution in [3.63, 3.8) is 0 Å². The first kappa shape index (κ1) is 15.7. The van der Waals surface area contributed by atoms with Crippen LogP contribution in [0.5, 0.6) is 0 Å². The van der Waals surface area contributed by atoms with Crippen molar-refractivity contribution in [3.8, 4) is 0 Å². The van der Waals surface area contributed by atoms with E-state index in [4.69, 9.17) is 19.2 Å². The van der Waals surface area contributed by atoms with Gasteiger partial charge in [0.25, 0.3) is 0 Å². The van der Waals surface area contributed by atoms with Crippen LogP contribution in [-0.2, 0) is 4.57 Å². The Hall–Kier alpha value is 1.30. The SMILES string of the molecule is O=P(O)(O)O.[Li+].[Li+]. The molecule has 0 bridgehead atoms. The maximum atomic E-state index is 8.88. The molecule has 0 radical (unpaired) electrons. The molecule has 0 aromatic carbocycles. The summed E-state index contributed by atoms with van der Waals surface area (Å²) in [6, 6.07) is 0. The van der Waals surface area contributed by atoms with Crippen LogP contribution in [-0.4, -0.2) is 14.7 Å². The van der Waals surface area contributed by atoms with Crippen molar-refractivity contribution >= 4 is 7.82 Å². The first-order valence-corrected chi connectivity index (χ1v) is 2.35. The predicted molar refractivity (Wildman–Crippen MR) is 14.3 cm³/mol. The van der Waals surface area contributed by atoms with E-state index in [2.05, 4.69) is 0 Å². The van der Waals surface area contributed by atoms with Crippen LogP contribution in [0.15, 0.2) is 0 Å². The molecule has 0 rings (SSSR count). The molecule has 0 aromatic rings. The Morgan fingerprint density at radius 3 is 1.00 bits per heavy atom. The van der Waals surface area contributed by atoms with E-state index in [1.807, 2.05) is 0 Å². The Bertz CT molecular complexity index is 55.8. The molecule has 0 heterocycles. The van der Waals surface area contributed by atoms with E-state index in [9.17, 15) is 0 Å². The minimum Gasteiger partial charge on any atom is -0.303 e. The molecule has 0 saturated heterocycles. The molecule has 0 aliphatic heterocycles. The van der Waals surface area contributed by atoms with E-state index < -0.39 is 7.82 Å². The van der Waals surface area contributed by atoms with Crippen LogP contribution in [0.4, 0.5) is 0 Å². The normalized spacial score (nSPS) is 8.43. The Labute approximate surface area is 64.9 Å². The maximum absolute atomic E-state index is 8.88. The zero-order valence-electron chi connectivity index (χ0n) is 4.20. The topological polar surface area (TPSA) is 77.8 Å². The van der Waals surface area contributed by atoms with Crippen molar-refractivity contribution in [2.45, 2.75) is 0 Å². The molecule has 0 aliphatic rings. The van der Waals surface area contributed by atoms with Crippen molar-refractivity contribution in [2.24, 2.45) is 0 Å². The van der Waals surface area contributed by atoms with Crippen LogP contribution < -0.4 is 37.7 Å². The van der Waals surface area contributed by atoms with Gasteiger partial charge < -0.3 is 14.7 Å². The summed E-state index contributed by atoms with van der Waals surface area (Å²) in [5, 5.41) is 0. The van der Waals surface area contributed by atoms with Crippen LogP contribution in [0.1, 0.15) is 0 Å². The fourth-order valence-corrected chi connectivity index (χ4v) is 0. The quantitative estimate of drug-likeness (QED) is 0.215. The third kappa shape index (κ3) is 121.